The summed E-state index contributed by atoms with van der Waals surface area (Å²) in [5.74, 6) is 0.760. The van der Waals surface area contributed by atoms with Crippen molar-refractivity contribution < 1.29 is 9.84 Å². The summed E-state index contributed by atoms with van der Waals surface area (Å²) < 4.78 is 5.52. The fraction of sp³-hybridized carbons (Fsp3) is 0.333. The van der Waals surface area contributed by atoms with E-state index in [4.69, 9.17) is 9.84 Å². The minimum atomic E-state index is 0.0171. The first-order valence-electron chi connectivity index (χ1n) is 4.70. The van der Waals surface area contributed by atoms with Crippen molar-refractivity contribution in [2.75, 3.05) is 6.61 Å². The Morgan fingerprint density at radius 1 is 1.43 bits per heavy atom. The summed E-state index contributed by atoms with van der Waals surface area (Å²) in [4.78, 5) is 0. The zero-order valence-electron chi connectivity index (χ0n) is 8.49. The van der Waals surface area contributed by atoms with Crippen LogP contribution in [0.25, 0.3) is 0 Å². The molecule has 0 atom stereocenters. The van der Waals surface area contributed by atoms with Crippen LogP contribution in [0.5, 0.6) is 5.75 Å². The molecule has 0 spiro atoms. The van der Waals surface area contributed by atoms with E-state index in [1.54, 1.807) is 0 Å². The van der Waals surface area contributed by atoms with Gasteiger partial charge in [-0.15, -0.1) is 6.58 Å². The van der Waals surface area contributed by atoms with E-state index in [0.717, 1.165) is 23.3 Å². The first-order chi connectivity index (χ1) is 6.74. The maximum Gasteiger partial charge on any atom is 0.124 e. The number of benzene rings is 1. The summed E-state index contributed by atoms with van der Waals surface area (Å²) in [5, 5.41) is 9.03. The van der Waals surface area contributed by atoms with E-state index < -0.39 is 0 Å². The van der Waals surface area contributed by atoms with Gasteiger partial charge < -0.3 is 9.84 Å². The van der Waals surface area contributed by atoms with Gasteiger partial charge in [-0.2, -0.15) is 0 Å². The van der Waals surface area contributed by atoms with Crippen LogP contribution in [0.4, 0.5) is 0 Å². The lowest BCUT2D eigenvalue weighted by molar-refractivity contribution is 0.264. The van der Waals surface area contributed by atoms with Crippen molar-refractivity contribution in [1.82, 2.24) is 0 Å². The highest BCUT2D eigenvalue weighted by atomic mass is 16.5. The normalized spacial score (nSPS) is 9.86. The molecule has 0 aliphatic heterocycles. The van der Waals surface area contributed by atoms with Crippen LogP contribution in [0.15, 0.2) is 36.4 Å². The number of ether oxygens (including phenoxy) is 1. The molecular formula is C12H16O2. The highest BCUT2D eigenvalue weighted by Crippen LogP contribution is 2.17. The first-order valence-corrected chi connectivity index (χ1v) is 4.70. The largest absolute Gasteiger partial charge is 0.493 e. The number of hydrogen-bond acceptors (Lipinski definition) is 2. The van der Waals surface area contributed by atoms with Crippen LogP contribution in [-0.2, 0) is 6.61 Å². The van der Waals surface area contributed by atoms with Crippen molar-refractivity contribution in [3.8, 4) is 5.75 Å². The lowest BCUT2D eigenvalue weighted by Crippen LogP contribution is -2.00. The van der Waals surface area contributed by atoms with E-state index in [-0.39, 0.29) is 6.61 Å². The smallest absolute Gasteiger partial charge is 0.124 e. The second kappa shape index (κ2) is 5.45. The molecule has 0 heterocycles. The van der Waals surface area contributed by atoms with Crippen LogP contribution in [0, 0.1) is 0 Å². The van der Waals surface area contributed by atoms with Gasteiger partial charge in [0.25, 0.3) is 0 Å². The Kier molecular flexibility index (Phi) is 4.20. The van der Waals surface area contributed by atoms with Gasteiger partial charge in [-0.3, -0.25) is 0 Å². The maximum atomic E-state index is 9.03. The molecular weight excluding hydrogens is 176 g/mol. The Balaban J connectivity index is 2.53. The quantitative estimate of drug-likeness (QED) is 0.726. The summed E-state index contributed by atoms with van der Waals surface area (Å²) >= 11 is 0. The van der Waals surface area contributed by atoms with Crippen LogP contribution >= 0.6 is 0 Å². The molecule has 0 radical (unpaired) electrons. The van der Waals surface area contributed by atoms with Crippen LogP contribution < -0.4 is 4.74 Å². The van der Waals surface area contributed by atoms with Gasteiger partial charge >= 0.3 is 0 Å². The third-order valence-corrected chi connectivity index (χ3v) is 1.93. The van der Waals surface area contributed by atoms with Crippen molar-refractivity contribution in [2.24, 2.45) is 0 Å². The van der Waals surface area contributed by atoms with E-state index in [2.05, 4.69) is 6.58 Å². The second-order valence-electron chi connectivity index (χ2n) is 3.32. The van der Waals surface area contributed by atoms with Crippen LogP contribution in [0.2, 0.25) is 0 Å². The third kappa shape index (κ3) is 3.23. The standard InChI is InChI=1S/C12H16O2/c1-10(2)7-8-14-12-6-4-3-5-11(12)9-13/h3-6,13H,1,7-9H2,2H3. The molecule has 0 saturated carbocycles. The molecule has 2 nitrogen and oxygen atoms in total. The Labute approximate surface area is 84.8 Å². The molecule has 0 saturated heterocycles. The van der Waals surface area contributed by atoms with Crippen LogP contribution in [0.1, 0.15) is 18.9 Å². The molecule has 0 unspecified atom stereocenters. The number of para-hydroxylation sites is 1. The third-order valence-electron chi connectivity index (χ3n) is 1.93. The van der Waals surface area contributed by atoms with Gasteiger partial charge in [0, 0.05) is 12.0 Å². The molecule has 14 heavy (non-hydrogen) atoms. The minimum absolute atomic E-state index is 0.0171. The zero-order chi connectivity index (χ0) is 10.4. The monoisotopic (exact) mass is 192 g/mol. The molecule has 1 aromatic rings. The fourth-order valence-electron chi connectivity index (χ4n) is 1.11. The Morgan fingerprint density at radius 3 is 2.79 bits per heavy atom. The first kappa shape index (κ1) is 10.8. The van der Waals surface area contributed by atoms with Crippen molar-refractivity contribution in [1.29, 1.82) is 0 Å². The number of hydrogen-bond donors (Lipinski definition) is 1. The van der Waals surface area contributed by atoms with Gasteiger partial charge in [0.15, 0.2) is 0 Å². The fourth-order valence-corrected chi connectivity index (χ4v) is 1.11. The predicted molar refractivity (Wildman–Crippen MR) is 57.3 cm³/mol. The summed E-state index contributed by atoms with van der Waals surface area (Å²) in [6, 6.07) is 7.51. The molecule has 1 aromatic carbocycles. The molecule has 1 N–H and O–H groups in total. The van der Waals surface area contributed by atoms with Crippen molar-refractivity contribution >= 4 is 0 Å². The van der Waals surface area contributed by atoms with E-state index in [1.807, 2.05) is 31.2 Å². The maximum absolute atomic E-state index is 9.03. The topological polar surface area (TPSA) is 29.5 Å². The van der Waals surface area contributed by atoms with Crippen molar-refractivity contribution in [2.45, 2.75) is 20.0 Å². The molecule has 0 bridgehead atoms. The molecule has 2 heteroatoms. The molecule has 0 aliphatic carbocycles. The van der Waals surface area contributed by atoms with Gasteiger partial charge in [-0.25, -0.2) is 0 Å². The molecule has 0 amide bonds. The molecule has 1 rings (SSSR count). The van der Waals surface area contributed by atoms with Gasteiger partial charge in [-0.05, 0) is 13.0 Å². The summed E-state index contributed by atoms with van der Waals surface area (Å²) in [6.45, 7) is 6.41. The average molecular weight is 192 g/mol. The van der Waals surface area contributed by atoms with Crippen molar-refractivity contribution in [3.05, 3.63) is 42.0 Å². The van der Waals surface area contributed by atoms with Crippen LogP contribution in [-0.4, -0.2) is 11.7 Å². The molecule has 0 aliphatic rings. The number of aliphatic hydroxyl groups excluding tert-OH is 1. The van der Waals surface area contributed by atoms with Crippen LogP contribution in [0.3, 0.4) is 0 Å². The highest BCUT2D eigenvalue weighted by molar-refractivity contribution is 5.32. The summed E-state index contributed by atoms with van der Waals surface area (Å²) in [6.07, 6.45) is 0.847. The molecule has 0 fully saturated rings. The van der Waals surface area contributed by atoms with Gasteiger partial charge in [-0.1, -0.05) is 23.8 Å². The lowest BCUT2D eigenvalue weighted by Gasteiger charge is -2.09. The highest BCUT2D eigenvalue weighted by Gasteiger charge is 2.00. The summed E-state index contributed by atoms with van der Waals surface area (Å²) in [5.41, 5.74) is 1.93. The number of aliphatic hydroxyl groups is 1. The Hall–Kier alpha value is -1.28. The zero-order valence-corrected chi connectivity index (χ0v) is 8.49. The second-order valence-corrected chi connectivity index (χ2v) is 3.32. The average Bonchev–Trinajstić information content (AvgIpc) is 2.18. The summed E-state index contributed by atoms with van der Waals surface area (Å²) in [7, 11) is 0. The molecule has 0 aromatic heterocycles. The van der Waals surface area contributed by atoms with E-state index >= 15 is 0 Å². The van der Waals surface area contributed by atoms with Crippen molar-refractivity contribution in [3.63, 3.8) is 0 Å². The lowest BCUT2D eigenvalue weighted by atomic mass is 10.2. The van der Waals surface area contributed by atoms with Gasteiger partial charge in [0.2, 0.25) is 0 Å². The van der Waals surface area contributed by atoms with Gasteiger partial charge in [0.05, 0.1) is 13.2 Å². The Bertz CT molecular complexity index is 305. The van der Waals surface area contributed by atoms with E-state index in [9.17, 15) is 0 Å². The SMILES string of the molecule is C=C(C)CCOc1ccccc1CO. The number of rotatable bonds is 5. The molecule has 76 valence electrons. The Morgan fingerprint density at radius 2 is 2.14 bits per heavy atom. The minimum Gasteiger partial charge on any atom is -0.493 e. The van der Waals surface area contributed by atoms with E-state index in [1.165, 1.54) is 0 Å². The predicted octanol–water partition coefficient (Wildman–Crippen LogP) is 2.52. The van der Waals surface area contributed by atoms with E-state index in [0.29, 0.717) is 6.61 Å². The van der Waals surface area contributed by atoms with Gasteiger partial charge in [0.1, 0.15) is 5.75 Å².